The van der Waals surface area contributed by atoms with Gasteiger partial charge in [0.05, 0.1) is 0 Å². The third-order valence-electron chi connectivity index (χ3n) is 4.31. The summed E-state index contributed by atoms with van der Waals surface area (Å²) in [5, 5.41) is 0. The molecule has 132 valence electrons. The normalized spacial score (nSPS) is 11.0. The van der Waals surface area contributed by atoms with Gasteiger partial charge in [-0.3, -0.25) is 0 Å². The van der Waals surface area contributed by atoms with Crippen LogP contribution in [-0.2, 0) is 9.53 Å². The van der Waals surface area contributed by atoms with Crippen molar-refractivity contribution in [2.45, 2.75) is 110 Å². The van der Waals surface area contributed by atoms with Gasteiger partial charge in [-0.25, -0.2) is 0 Å². The lowest BCUT2D eigenvalue weighted by molar-refractivity contribution is -0.107. The number of hydrogen-bond donors (Lipinski definition) is 0. The van der Waals surface area contributed by atoms with Crippen LogP contribution in [0.1, 0.15) is 110 Å². The van der Waals surface area contributed by atoms with Crippen LogP contribution in [-0.4, -0.2) is 19.5 Å². The molecule has 0 aliphatic heterocycles. The molecule has 0 bridgehead atoms. The van der Waals surface area contributed by atoms with Crippen LogP contribution in [0.15, 0.2) is 0 Å². The third kappa shape index (κ3) is 19.6. The number of hydrogen-bond acceptors (Lipinski definition) is 2. The SMILES string of the molecule is CCOCCCCCCCCCCCCCCCCCC=O. The Balaban J connectivity index is 2.92. The molecule has 0 fully saturated rings. The smallest absolute Gasteiger partial charge is 0.119 e. The Kier molecular flexibility index (Phi) is 20.3. The molecule has 0 aromatic rings. The first-order chi connectivity index (χ1) is 10.9. The molecule has 2 heteroatoms. The monoisotopic (exact) mass is 312 g/mol. The van der Waals surface area contributed by atoms with Crippen molar-refractivity contribution in [3.63, 3.8) is 0 Å². The molecular weight excluding hydrogens is 272 g/mol. The average molecular weight is 313 g/mol. The van der Waals surface area contributed by atoms with Crippen molar-refractivity contribution in [2.75, 3.05) is 13.2 Å². The molecule has 0 amide bonds. The Morgan fingerprint density at radius 1 is 0.591 bits per heavy atom. The molecule has 0 spiro atoms. The lowest BCUT2D eigenvalue weighted by Crippen LogP contribution is -1.92. The minimum absolute atomic E-state index is 0.756. The van der Waals surface area contributed by atoms with Gasteiger partial charge in [-0.2, -0.15) is 0 Å². The topological polar surface area (TPSA) is 26.3 Å². The van der Waals surface area contributed by atoms with E-state index in [0.717, 1.165) is 32.3 Å². The summed E-state index contributed by atoms with van der Waals surface area (Å²) in [6.07, 6.45) is 22.1. The Labute approximate surface area is 139 Å². The lowest BCUT2D eigenvalue weighted by Gasteiger charge is -2.03. The predicted octanol–water partition coefficient (Wildman–Crippen LogP) is 6.46. The van der Waals surface area contributed by atoms with E-state index < -0.39 is 0 Å². The number of ether oxygens (including phenoxy) is 1. The number of unbranched alkanes of at least 4 members (excludes halogenated alkanes) is 15. The van der Waals surface area contributed by atoms with Crippen LogP contribution in [0.25, 0.3) is 0 Å². The second-order valence-corrected chi connectivity index (χ2v) is 6.46. The third-order valence-corrected chi connectivity index (χ3v) is 4.31. The second-order valence-electron chi connectivity index (χ2n) is 6.46. The van der Waals surface area contributed by atoms with Crippen LogP contribution in [0.5, 0.6) is 0 Å². The van der Waals surface area contributed by atoms with Crippen molar-refractivity contribution in [1.82, 2.24) is 0 Å². The first kappa shape index (κ1) is 21.6. The zero-order valence-corrected chi connectivity index (χ0v) is 15.1. The molecule has 0 atom stereocenters. The van der Waals surface area contributed by atoms with Gasteiger partial charge in [-0.15, -0.1) is 0 Å². The molecule has 0 aliphatic carbocycles. The van der Waals surface area contributed by atoms with E-state index in [1.807, 2.05) is 0 Å². The second kappa shape index (κ2) is 20.6. The molecule has 0 aromatic carbocycles. The summed E-state index contributed by atoms with van der Waals surface area (Å²) in [6.45, 7) is 3.88. The van der Waals surface area contributed by atoms with Crippen LogP contribution in [0.2, 0.25) is 0 Å². The number of rotatable bonds is 19. The van der Waals surface area contributed by atoms with E-state index in [9.17, 15) is 4.79 Å². The van der Waals surface area contributed by atoms with Crippen molar-refractivity contribution < 1.29 is 9.53 Å². The maximum atomic E-state index is 10.2. The summed E-state index contributed by atoms with van der Waals surface area (Å²) in [7, 11) is 0. The van der Waals surface area contributed by atoms with E-state index in [0.29, 0.717) is 0 Å². The first-order valence-corrected chi connectivity index (χ1v) is 9.93. The summed E-state index contributed by atoms with van der Waals surface area (Å²) >= 11 is 0. The zero-order chi connectivity index (χ0) is 16.1. The zero-order valence-electron chi connectivity index (χ0n) is 15.1. The van der Waals surface area contributed by atoms with E-state index in [4.69, 9.17) is 4.74 Å². The van der Waals surface area contributed by atoms with Crippen molar-refractivity contribution >= 4 is 6.29 Å². The van der Waals surface area contributed by atoms with Crippen molar-refractivity contribution in [3.8, 4) is 0 Å². The fraction of sp³-hybridized carbons (Fsp3) is 0.950. The molecular formula is C20H40O2. The molecule has 0 saturated carbocycles. The maximum absolute atomic E-state index is 10.2. The molecule has 22 heavy (non-hydrogen) atoms. The minimum atomic E-state index is 0.756. The van der Waals surface area contributed by atoms with Crippen LogP contribution in [0.4, 0.5) is 0 Å². The molecule has 0 rings (SSSR count). The highest BCUT2D eigenvalue weighted by molar-refractivity contribution is 5.48. The molecule has 0 radical (unpaired) electrons. The predicted molar refractivity (Wildman–Crippen MR) is 96.4 cm³/mol. The van der Waals surface area contributed by atoms with Gasteiger partial charge < -0.3 is 9.53 Å². The van der Waals surface area contributed by atoms with Gasteiger partial charge >= 0.3 is 0 Å². The van der Waals surface area contributed by atoms with Crippen molar-refractivity contribution in [3.05, 3.63) is 0 Å². The first-order valence-electron chi connectivity index (χ1n) is 9.93. The Morgan fingerprint density at radius 2 is 0.955 bits per heavy atom. The van der Waals surface area contributed by atoms with Gasteiger partial charge in [-0.1, -0.05) is 83.5 Å². The van der Waals surface area contributed by atoms with Gasteiger partial charge in [-0.05, 0) is 19.8 Å². The van der Waals surface area contributed by atoms with Crippen LogP contribution >= 0.6 is 0 Å². The molecule has 0 aliphatic rings. The van der Waals surface area contributed by atoms with Crippen molar-refractivity contribution in [2.24, 2.45) is 0 Å². The molecule has 0 aromatic heterocycles. The standard InChI is InChI=1S/C20H40O2/c1-2-22-20-18-16-14-12-10-8-6-4-3-5-7-9-11-13-15-17-19-21/h19H,2-18,20H2,1H3. The quantitative estimate of drug-likeness (QED) is 0.202. The molecule has 0 heterocycles. The van der Waals surface area contributed by atoms with E-state index >= 15 is 0 Å². The van der Waals surface area contributed by atoms with E-state index in [1.165, 1.54) is 89.9 Å². The largest absolute Gasteiger partial charge is 0.382 e. The van der Waals surface area contributed by atoms with Crippen LogP contribution in [0, 0.1) is 0 Å². The number of carbonyl (C=O) groups is 1. The van der Waals surface area contributed by atoms with Gasteiger partial charge in [0.1, 0.15) is 6.29 Å². The molecule has 0 unspecified atom stereocenters. The lowest BCUT2D eigenvalue weighted by atomic mass is 10.0. The fourth-order valence-corrected chi connectivity index (χ4v) is 2.87. The molecule has 0 N–H and O–H groups in total. The highest BCUT2D eigenvalue weighted by Gasteiger charge is 1.94. The molecule has 0 saturated heterocycles. The van der Waals surface area contributed by atoms with Gasteiger partial charge in [0, 0.05) is 19.6 Å². The Hall–Kier alpha value is -0.370. The van der Waals surface area contributed by atoms with Gasteiger partial charge in [0.2, 0.25) is 0 Å². The summed E-state index contributed by atoms with van der Waals surface area (Å²) in [4.78, 5) is 10.2. The summed E-state index contributed by atoms with van der Waals surface area (Å²) < 4.78 is 5.34. The van der Waals surface area contributed by atoms with Crippen molar-refractivity contribution in [1.29, 1.82) is 0 Å². The van der Waals surface area contributed by atoms with Gasteiger partial charge in [0.15, 0.2) is 0 Å². The summed E-state index contributed by atoms with van der Waals surface area (Å²) in [6, 6.07) is 0. The highest BCUT2D eigenvalue weighted by Crippen LogP contribution is 2.13. The van der Waals surface area contributed by atoms with E-state index in [2.05, 4.69) is 6.92 Å². The van der Waals surface area contributed by atoms with Crippen LogP contribution in [0.3, 0.4) is 0 Å². The van der Waals surface area contributed by atoms with E-state index in [-0.39, 0.29) is 0 Å². The van der Waals surface area contributed by atoms with E-state index in [1.54, 1.807) is 0 Å². The minimum Gasteiger partial charge on any atom is -0.382 e. The van der Waals surface area contributed by atoms with Crippen LogP contribution < -0.4 is 0 Å². The fourth-order valence-electron chi connectivity index (χ4n) is 2.87. The number of carbonyl (C=O) groups excluding carboxylic acids is 1. The average Bonchev–Trinajstić information content (AvgIpc) is 2.54. The summed E-state index contributed by atoms with van der Waals surface area (Å²) in [5.41, 5.74) is 0. The Bertz CT molecular complexity index is 204. The van der Waals surface area contributed by atoms with Gasteiger partial charge in [0.25, 0.3) is 0 Å². The highest BCUT2D eigenvalue weighted by atomic mass is 16.5. The summed E-state index contributed by atoms with van der Waals surface area (Å²) in [5.74, 6) is 0. The molecule has 2 nitrogen and oxygen atoms in total. The number of aldehydes is 1. The Morgan fingerprint density at radius 3 is 1.32 bits per heavy atom. The maximum Gasteiger partial charge on any atom is 0.119 e.